The van der Waals surface area contributed by atoms with E-state index in [1.165, 1.54) is 0 Å². The standard InChI is InChI=1S/C20H23NO2/c1-15(2)20(17-11-7-4-8-12-17)21-19(23)14-13-18(22)16-9-5-3-6-10-16/h3-12,15,20H,13-14H2,1-2H3,(H,21,23). The number of amides is 1. The predicted molar refractivity (Wildman–Crippen MR) is 92.2 cm³/mol. The molecule has 0 spiro atoms. The Morgan fingerprint density at radius 1 is 0.870 bits per heavy atom. The number of Topliss-reactive ketones (excluding diaryl/α,β-unsaturated/α-hetero) is 1. The summed E-state index contributed by atoms with van der Waals surface area (Å²) in [6.07, 6.45) is 0.444. The second-order valence-corrected chi connectivity index (χ2v) is 5.99. The first-order valence-electron chi connectivity index (χ1n) is 8.00. The zero-order valence-electron chi connectivity index (χ0n) is 13.7. The maximum atomic E-state index is 12.2. The van der Waals surface area contributed by atoms with Crippen molar-refractivity contribution in [2.75, 3.05) is 0 Å². The summed E-state index contributed by atoms with van der Waals surface area (Å²) in [4.78, 5) is 24.3. The Morgan fingerprint density at radius 3 is 2.00 bits per heavy atom. The number of nitrogens with one attached hydrogen (secondary N) is 1. The van der Waals surface area contributed by atoms with Crippen molar-refractivity contribution in [2.45, 2.75) is 32.7 Å². The zero-order valence-corrected chi connectivity index (χ0v) is 13.7. The molecule has 1 atom stereocenters. The van der Waals surface area contributed by atoms with Gasteiger partial charge in [0.1, 0.15) is 0 Å². The molecule has 0 radical (unpaired) electrons. The van der Waals surface area contributed by atoms with E-state index in [2.05, 4.69) is 19.2 Å². The molecule has 0 saturated heterocycles. The molecule has 2 rings (SSSR count). The van der Waals surface area contributed by atoms with Gasteiger partial charge in [-0.05, 0) is 11.5 Å². The van der Waals surface area contributed by atoms with Gasteiger partial charge in [-0.25, -0.2) is 0 Å². The van der Waals surface area contributed by atoms with Crippen LogP contribution in [0.15, 0.2) is 60.7 Å². The zero-order chi connectivity index (χ0) is 16.7. The smallest absolute Gasteiger partial charge is 0.220 e. The van der Waals surface area contributed by atoms with Gasteiger partial charge in [-0.2, -0.15) is 0 Å². The second kappa shape index (κ2) is 8.28. The van der Waals surface area contributed by atoms with Gasteiger partial charge >= 0.3 is 0 Å². The van der Waals surface area contributed by atoms with Crippen molar-refractivity contribution in [3.63, 3.8) is 0 Å². The van der Waals surface area contributed by atoms with E-state index in [-0.39, 0.29) is 36.5 Å². The van der Waals surface area contributed by atoms with E-state index in [1.54, 1.807) is 12.1 Å². The molecule has 23 heavy (non-hydrogen) atoms. The summed E-state index contributed by atoms with van der Waals surface area (Å²) in [5, 5.41) is 3.05. The van der Waals surface area contributed by atoms with Crippen LogP contribution in [0.5, 0.6) is 0 Å². The lowest BCUT2D eigenvalue weighted by Gasteiger charge is -2.23. The average molecular weight is 309 g/mol. The highest BCUT2D eigenvalue weighted by Crippen LogP contribution is 2.21. The van der Waals surface area contributed by atoms with Gasteiger partial charge in [-0.3, -0.25) is 9.59 Å². The molecule has 0 aromatic heterocycles. The summed E-state index contributed by atoms with van der Waals surface area (Å²) in [5.41, 5.74) is 1.74. The minimum Gasteiger partial charge on any atom is -0.349 e. The maximum Gasteiger partial charge on any atom is 0.220 e. The average Bonchev–Trinajstić information content (AvgIpc) is 2.58. The summed E-state index contributed by atoms with van der Waals surface area (Å²) >= 11 is 0. The summed E-state index contributed by atoms with van der Waals surface area (Å²) in [5.74, 6) is 0.199. The quantitative estimate of drug-likeness (QED) is 0.780. The lowest BCUT2D eigenvalue weighted by molar-refractivity contribution is -0.122. The third kappa shape index (κ3) is 5.06. The Bertz CT molecular complexity index is 635. The highest BCUT2D eigenvalue weighted by molar-refractivity contribution is 5.97. The Balaban J connectivity index is 1.91. The Kier molecular flexibility index (Phi) is 6.10. The monoisotopic (exact) mass is 309 g/mol. The molecule has 0 bridgehead atoms. The van der Waals surface area contributed by atoms with Crippen LogP contribution >= 0.6 is 0 Å². The SMILES string of the molecule is CC(C)C(NC(=O)CCC(=O)c1ccccc1)c1ccccc1. The Labute approximate surface area is 137 Å². The van der Waals surface area contributed by atoms with E-state index in [4.69, 9.17) is 0 Å². The molecule has 0 aliphatic carbocycles. The van der Waals surface area contributed by atoms with Crippen LogP contribution < -0.4 is 5.32 Å². The van der Waals surface area contributed by atoms with Crippen molar-refractivity contribution in [1.29, 1.82) is 0 Å². The van der Waals surface area contributed by atoms with Crippen LogP contribution in [-0.2, 0) is 4.79 Å². The van der Waals surface area contributed by atoms with Crippen LogP contribution in [-0.4, -0.2) is 11.7 Å². The van der Waals surface area contributed by atoms with Crippen LogP contribution in [0.25, 0.3) is 0 Å². The second-order valence-electron chi connectivity index (χ2n) is 5.99. The number of hydrogen-bond donors (Lipinski definition) is 1. The molecular formula is C20H23NO2. The van der Waals surface area contributed by atoms with E-state index >= 15 is 0 Å². The molecule has 3 nitrogen and oxygen atoms in total. The molecule has 0 saturated carbocycles. The van der Waals surface area contributed by atoms with Gasteiger partial charge in [0.15, 0.2) is 5.78 Å². The van der Waals surface area contributed by atoms with Gasteiger partial charge in [-0.1, -0.05) is 74.5 Å². The molecule has 1 unspecified atom stereocenters. The van der Waals surface area contributed by atoms with Gasteiger partial charge in [0, 0.05) is 18.4 Å². The van der Waals surface area contributed by atoms with E-state index in [0.29, 0.717) is 5.56 Å². The van der Waals surface area contributed by atoms with Crippen molar-refractivity contribution in [3.05, 3.63) is 71.8 Å². The lowest BCUT2D eigenvalue weighted by atomic mass is 9.95. The molecule has 0 heterocycles. The summed E-state index contributed by atoms with van der Waals surface area (Å²) in [6, 6.07) is 19.0. The third-order valence-corrected chi connectivity index (χ3v) is 3.82. The molecule has 0 aliphatic heterocycles. The van der Waals surface area contributed by atoms with Gasteiger partial charge in [0.2, 0.25) is 5.91 Å². The van der Waals surface area contributed by atoms with E-state index < -0.39 is 0 Å². The third-order valence-electron chi connectivity index (χ3n) is 3.82. The van der Waals surface area contributed by atoms with Crippen molar-refractivity contribution in [2.24, 2.45) is 5.92 Å². The first-order chi connectivity index (χ1) is 11.1. The molecule has 120 valence electrons. The van der Waals surface area contributed by atoms with Crippen LogP contribution in [0.3, 0.4) is 0 Å². The minimum absolute atomic E-state index is 0.00144. The van der Waals surface area contributed by atoms with Gasteiger partial charge in [-0.15, -0.1) is 0 Å². The highest BCUT2D eigenvalue weighted by Gasteiger charge is 2.18. The first kappa shape index (κ1) is 16.9. The van der Waals surface area contributed by atoms with Crippen LogP contribution in [0.1, 0.15) is 48.7 Å². The van der Waals surface area contributed by atoms with Crippen molar-refractivity contribution >= 4 is 11.7 Å². The van der Waals surface area contributed by atoms with Crippen molar-refractivity contribution < 1.29 is 9.59 Å². The maximum absolute atomic E-state index is 12.2. The Morgan fingerprint density at radius 2 is 1.43 bits per heavy atom. The molecule has 1 amide bonds. The molecule has 2 aromatic carbocycles. The topological polar surface area (TPSA) is 46.2 Å². The predicted octanol–water partition coefficient (Wildman–Crippen LogP) is 4.16. The number of benzene rings is 2. The highest BCUT2D eigenvalue weighted by atomic mass is 16.2. The van der Waals surface area contributed by atoms with E-state index in [1.807, 2.05) is 48.5 Å². The van der Waals surface area contributed by atoms with Gasteiger partial charge in [0.25, 0.3) is 0 Å². The molecule has 2 aromatic rings. The molecular weight excluding hydrogens is 286 g/mol. The largest absolute Gasteiger partial charge is 0.349 e. The first-order valence-corrected chi connectivity index (χ1v) is 8.00. The van der Waals surface area contributed by atoms with Crippen LogP contribution in [0.4, 0.5) is 0 Å². The summed E-state index contributed by atoms with van der Waals surface area (Å²) in [6.45, 7) is 4.15. The number of carbonyl (C=O) groups is 2. The fraction of sp³-hybridized carbons (Fsp3) is 0.300. The van der Waals surface area contributed by atoms with Crippen LogP contribution in [0, 0.1) is 5.92 Å². The number of carbonyl (C=O) groups excluding carboxylic acids is 2. The van der Waals surface area contributed by atoms with Gasteiger partial charge < -0.3 is 5.32 Å². The molecule has 0 fully saturated rings. The fourth-order valence-electron chi connectivity index (χ4n) is 2.54. The number of rotatable bonds is 7. The molecule has 1 N–H and O–H groups in total. The normalized spacial score (nSPS) is 12.0. The molecule has 0 aliphatic rings. The lowest BCUT2D eigenvalue weighted by Crippen LogP contribution is -2.31. The van der Waals surface area contributed by atoms with E-state index in [0.717, 1.165) is 5.56 Å². The number of hydrogen-bond acceptors (Lipinski definition) is 2. The summed E-state index contributed by atoms with van der Waals surface area (Å²) in [7, 11) is 0. The minimum atomic E-state index is -0.0863. The number of ketones is 1. The van der Waals surface area contributed by atoms with Crippen molar-refractivity contribution in [1.82, 2.24) is 5.32 Å². The van der Waals surface area contributed by atoms with Gasteiger partial charge in [0.05, 0.1) is 6.04 Å². The summed E-state index contributed by atoms with van der Waals surface area (Å²) < 4.78 is 0. The van der Waals surface area contributed by atoms with Crippen molar-refractivity contribution in [3.8, 4) is 0 Å². The van der Waals surface area contributed by atoms with Crippen LogP contribution in [0.2, 0.25) is 0 Å². The van der Waals surface area contributed by atoms with E-state index in [9.17, 15) is 9.59 Å². The fourth-order valence-corrected chi connectivity index (χ4v) is 2.54. The Hall–Kier alpha value is -2.42. The molecule has 3 heteroatoms.